The number of carboxylic acid groups (broad SMARTS) is 1. The first-order valence-electron chi connectivity index (χ1n) is 8.74. The minimum atomic E-state index is -1.11. The van der Waals surface area contributed by atoms with Crippen LogP contribution in [0.15, 0.2) is 29.6 Å². The number of nitrogens with zero attached hydrogens (tertiary/aromatic N) is 1. The van der Waals surface area contributed by atoms with Crippen LogP contribution < -0.4 is 10.1 Å². The van der Waals surface area contributed by atoms with Crippen LogP contribution in [0.25, 0.3) is 10.6 Å². The normalized spacial score (nSPS) is 15.6. The molecule has 1 saturated carbocycles. The van der Waals surface area contributed by atoms with Crippen LogP contribution in [-0.2, 0) is 16.0 Å². The van der Waals surface area contributed by atoms with E-state index in [0.717, 1.165) is 29.2 Å². The Balaban J connectivity index is 1.64. The minimum absolute atomic E-state index is 0.0859. The van der Waals surface area contributed by atoms with Crippen molar-refractivity contribution in [2.45, 2.75) is 44.6 Å². The maximum atomic E-state index is 12.3. The van der Waals surface area contributed by atoms with Crippen LogP contribution in [0.2, 0.25) is 0 Å². The van der Waals surface area contributed by atoms with Crippen molar-refractivity contribution in [2.24, 2.45) is 0 Å². The number of benzene rings is 1. The van der Waals surface area contributed by atoms with Crippen molar-refractivity contribution in [1.29, 1.82) is 0 Å². The monoisotopic (exact) mass is 374 g/mol. The van der Waals surface area contributed by atoms with Crippen LogP contribution in [0, 0.1) is 0 Å². The molecule has 2 N–H and O–H groups in total. The fraction of sp³-hybridized carbons (Fsp3) is 0.421. The van der Waals surface area contributed by atoms with Gasteiger partial charge in [-0.2, -0.15) is 0 Å². The first kappa shape index (κ1) is 18.4. The zero-order valence-electron chi connectivity index (χ0n) is 14.7. The number of rotatable bonds is 7. The fourth-order valence-electron chi connectivity index (χ4n) is 3.23. The third-order valence-corrected chi connectivity index (χ3v) is 5.49. The summed E-state index contributed by atoms with van der Waals surface area (Å²) < 4.78 is 5.43. The Kier molecular flexibility index (Phi) is 5.56. The van der Waals surface area contributed by atoms with Gasteiger partial charge >= 0.3 is 5.97 Å². The van der Waals surface area contributed by atoms with E-state index in [9.17, 15) is 14.7 Å². The summed E-state index contributed by atoms with van der Waals surface area (Å²) in [6.45, 7) is 2.56. The molecular formula is C19H22N2O4S. The first-order valence-corrected chi connectivity index (χ1v) is 9.62. The van der Waals surface area contributed by atoms with Crippen LogP contribution in [0.4, 0.5) is 0 Å². The van der Waals surface area contributed by atoms with E-state index in [2.05, 4.69) is 10.3 Å². The van der Waals surface area contributed by atoms with E-state index in [0.29, 0.717) is 25.1 Å². The molecule has 26 heavy (non-hydrogen) atoms. The Bertz CT molecular complexity index is 779. The quantitative estimate of drug-likeness (QED) is 0.776. The van der Waals surface area contributed by atoms with Crippen molar-refractivity contribution in [3.05, 3.63) is 35.3 Å². The highest BCUT2D eigenvalue weighted by Gasteiger charge is 2.42. The van der Waals surface area contributed by atoms with Gasteiger partial charge in [0.25, 0.3) is 0 Å². The predicted octanol–water partition coefficient (Wildman–Crippen LogP) is 3.26. The number of thiazole rings is 1. The number of carbonyl (C=O) groups is 2. The van der Waals surface area contributed by atoms with Gasteiger partial charge in [0.2, 0.25) is 5.91 Å². The molecule has 1 aromatic carbocycles. The molecule has 0 bridgehead atoms. The Morgan fingerprint density at radius 2 is 1.96 bits per heavy atom. The second-order valence-electron chi connectivity index (χ2n) is 6.42. The molecule has 3 rings (SSSR count). The highest BCUT2D eigenvalue weighted by atomic mass is 32.1. The van der Waals surface area contributed by atoms with E-state index >= 15 is 0 Å². The second-order valence-corrected chi connectivity index (χ2v) is 7.28. The van der Waals surface area contributed by atoms with Crippen molar-refractivity contribution in [1.82, 2.24) is 10.3 Å². The number of nitrogens with one attached hydrogen (secondary N) is 1. The minimum Gasteiger partial charge on any atom is -0.494 e. The molecule has 1 amide bonds. The maximum Gasteiger partial charge on any atom is 0.329 e. The summed E-state index contributed by atoms with van der Waals surface area (Å²) in [7, 11) is 0. The Labute approximate surface area is 156 Å². The zero-order valence-corrected chi connectivity index (χ0v) is 15.5. The number of hydrogen-bond acceptors (Lipinski definition) is 5. The van der Waals surface area contributed by atoms with Crippen molar-refractivity contribution >= 4 is 23.2 Å². The molecule has 1 heterocycles. The summed E-state index contributed by atoms with van der Waals surface area (Å²) in [4.78, 5) is 28.4. The van der Waals surface area contributed by atoms with E-state index in [1.165, 1.54) is 11.3 Å². The van der Waals surface area contributed by atoms with Crippen molar-refractivity contribution in [2.75, 3.05) is 6.61 Å². The van der Waals surface area contributed by atoms with Gasteiger partial charge in [0.1, 0.15) is 16.3 Å². The Hall–Kier alpha value is -2.41. The highest BCUT2D eigenvalue weighted by molar-refractivity contribution is 7.13. The Morgan fingerprint density at radius 1 is 1.27 bits per heavy atom. The lowest BCUT2D eigenvalue weighted by Gasteiger charge is -2.25. The number of amides is 1. The maximum absolute atomic E-state index is 12.3. The molecule has 0 atom stereocenters. The van der Waals surface area contributed by atoms with Gasteiger partial charge in [0.15, 0.2) is 0 Å². The zero-order chi connectivity index (χ0) is 18.6. The van der Waals surface area contributed by atoms with Gasteiger partial charge in [0, 0.05) is 10.9 Å². The second kappa shape index (κ2) is 7.86. The first-order chi connectivity index (χ1) is 12.5. The van der Waals surface area contributed by atoms with Gasteiger partial charge < -0.3 is 15.2 Å². The largest absolute Gasteiger partial charge is 0.494 e. The average molecular weight is 374 g/mol. The van der Waals surface area contributed by atoms with Crippen LogP contribution in [0.3, 0.4) is 0 Å². The topological polar surface area (TPSA) is 88.5 Å². The molecule has 0 spiro atoms. The molecule has 0 aliphatic heterocycles. The molecule has 1 aromatic heterocycles. The smallest absolute Gasteiger partial charge is 0.329 e. The van der Waals surface area contributed by atoms with Gasteiger partial charge in [-0.25, -0.2) is 9.78 Å². The highest BCUT2D eigenvalue weighted by Crippen LogP contribution is 2.30. The van der Waals surface area contributed by atoms with E-state index in [-0.39, 0.29) is 12.3 Å². The molecule has 1 aliphatic carbocycles. The summed E-state index contributed by atoms with van der Waals surface area (Å²) in [5, 5.41) is 14.8. The molecule has 7 heteroatoms. The van der Waals surface area contributed by atoms with Crippen molar-refractivity contribution in [3.63, 3.8) is 0 Å². The average Bonchev–Trinajstić information content (AvgIpc) is 3.26. The number of aliphatic carboxylic acids is 1. The number of carbonyl (C=O) groups excluding carboxylic acids is 1. The van der Waals surface area contributed by atoms with Gasteiger partial charge in [-0.1, -0.05) is 12.8 Å². The van der Waals surface area contributed by atoms with Gasteiger partial charge in [-0.15, -0.1) is 11.3 Å². The summed E-state index contributed by atoms with van der Waals surface area (Å²) in [5.41, 5.74) is 0.503. The molecule has 138 valence electrons. The third kappa shape index (κ3) is 4.04. The molecule has 0 radical (unpaired) electrons. The predicted molar refractivity (Wildman–Crippen MR) is 99.4 cm³/mol. The SMILES string of the molecule is CCOc1ccc(-c2nc(CC(=O)NC3(C(=O)O)CCCC3)cs2)cc1. The molecule has 6 nitrogen and oxygen atoms in total. The summed E-state index contributed by atoms with van der Waals surface area (Å²) in [6, 6.07) is 7.66. The van der Waals surface area contributed by atoms with E-state index < -0.39 is 11.5 Å². The summed E-state index contributed by atoms with van der Waals surface area (Å²) >= 11 is 1.46. The van der Waals surface area contributed by atoms with E-state index in [4.69, 9.17) is 4.74 Å². The van der Waals surface area contributed by atoms with Crippen LogP contribution in [-0.4, -0.2) is 34.1 Å². The van der Waals surface area contributed by atoms with E-state index in [1.54, 1.807) is 0 Å². The molecule has 1 aliphatic rings. The molecule has 2 aromatic rings. The lowest BCUT2D eigenvalue weighted by Crippen LogP contribution is -2.52. The lowest BCUT2D eigenvalue weighted by molar-refractivity contribution is -0.147. The van der Waals surface area contributed by atoms with Gasteiger partial charge in [-0.05, 0) is 44.0 Å². The lowest BCUT2D eigenvalue weighted by atomic mass is 9.97. The Morgan fingerprint density at radius 3 is 2.58 bits per heavy atom. The van der Waals surface area contributed by atoms with Crippen LogP contribution in [0.1, 0.15) is 38.3 Å². The number of carboxylic acids is 1. The van der Waals surface area contributed by atoms with Crippen molar-refractivity contribution in [3.8, 4) is 16.3 Å². The number of hydrogen-bond donors (Lipinski definition) is 2. The number of aromatic nitrogens is 1. The van der Waals surface area contributed by atoms with E-state index in [1.807, 2.05) is 36.6 Å². The summed E-state index contributed by atoms with van der Waals surface area (Å²) in [5.74, 6) is -0.433. The third-order valence-electron chi connectivity index (χ3n) is 4.55. The van der Waals surface area contributed by atoms with Gasteiger partial charge in [0.05, 0.1) is 18.7 Å². The molecular weight excluding hydrogens is 352 g/mol. The standard InChI is InChI=1S/C19H22N2O4S/c1-2-25-15-7-5-13(6-8-15)17-20-14(12-26-17)11-16(22)21-19(18(23)24)9-3-4-10-19/h5-8,12H,2-4,9-11H2,1H3,(H,21,22)(H,23,24). The van der Waals surface area contributed by atoms with Crippen molar-refractivity contribution < 1.29 is 19.4 Å². The molecule has 1 fully saturated rings. The number of ether oxygens (including phenoxy) is 1. The molecule has 0 unspecified atom stereocenters. The van der Waals surface area contributed by atoms with Gasteiger partial charge in [-0.3, -0.25) is 4.79 Å². The summed E-state index contributed by atoms with van der Waals surface area (Å²) in [6.07, 6.45) is 2.71. The van der Waals surface area contributed by atoms with Crippen LogP contribution in [0.5, 0.6) is 5.75 Å². The van der Waals surface area contributed by atoms with Crippen LogP contribution >= 0.6 is 11.3 Å². The fourth-order valence-corrected chi connectivity index (χ4v) is 4.05. The molecule has 0 saturated heterocycles.